The molecule has 7 nitrogen and oxygen atoms in total. The van der Waals surface area contributed by atoms with Crippen LogP contribution in [0.1, 0.15) is 19.5 Å². The Kier molecular flexibility index (Phi) is 4.73. The molecule has 0 radical (unpaired) electrons. The Labute approximate surface area is 119 Å². The van der Waals surface area contributed by atoms with E-state index in [9.17, 15) is 0 Å². The predicted octanol–water partition coefficient (Wildman–Crippen LogP) is 0.349. The highest BCUT2D eigenvalue weighted by Crippen LogP contribution is 2.17. The first-order valence-electron chi connectivity index (χ1n) is 6.88. The van der Waals surface area contributed by atoms with E-state index >= 15 is 0 Å². The summed E-state index contributed by atoms with van der Waals surface area (Å²) in [6.07, 6.45) is 3.18. The number of anilines is 1. The first kappa shape index (κ1) is 14.5. The summed E-state index contributed by atoms with van der Waals surface area (Å²) in [5.74, 6) is 1.36. The third-order valence-corrected chi connectivity index (χ3v) is 3.32. The highest BCUT2D eigenvalue weighted by Gasteiger charge is 2.22. The maximum absolute atomic E-state index is 8.82. The quantitative estimate of drug-likeness (QED) is 0.357. The third-order valence-electron chi connectivity index (χ3n) is 3.32. The van der Waals surface area contributed by atoms with Gasteiger partial charge in [0.1, 0.15) is 0 Å². The van der Waals surface area contributed by atoms with Crippen LogP contribution in [0.5, 0.6) is 0 Å². The first-order chi connectivity index (χ1) is 9.61. The van der Waals surface area contributed by atoms with E-state index in [1.54, 1.807) is 12.4 Å². The van der Waals surface area contributed by atoms with Crippen LogP contribution in [-0.2, 0) is 0 Å². The lowest BCUT2D eigenvalue weighted by molar-refractivity contribution is 0.231. The molecule has 1 saturated heterocycles. The van der Waals surface area contributed by atoms with E-state index in [0.29, 0.717) is 17.4 Å². The Hall–Kier alpha value is -1.89. The summed E-state index contributed by atoms with van der Waals surface area (Å²) in [4.78, 5) is 13.1. The van der Waals surface area contributed by atoms with Gasteiger partial charge < -0.3 is 15.8 Å². The molecule has 0 atom stereocenters. The van der Waals surface area contributed by atoms with Gasteiger partial charge in [0.25, 0.3) is 0 Å². The van der Waals surface area contributed by atoms with E-state index < -0.39 is 0 Å². The SMILES string of the molecule is CC(C)CN1CCN(c2nccnc2C(N)=NO)CC1. The molecule has 0 spiro atoms. The molecule has 0 aromatic carbocycles. The van der Waals surface area contributed by atoms with Gasteiger partial charge in [-0.15, -0.1) is 0 Å². The van der Waals surface area contributed by atoms with Crippen molar-refractivity contribution in [3.63, 3.8) is 0 Å². The number of nitrogens with zero attached hydrogens (tertiary/aromatic N) is 5. The highest BCUT2D eigenvalue weighted by atomic mass is 16.4. The lowest BCUT2D eigenvalue weighted by Crippen LogP contribution is -2.48. The maximum atomic E-state index is 8.82. The molecule has 0 bridgehead atoms. The first-order valence-corrected chi connectivity index (χ1v) is 6.88. The second-order valence-corrected chi connectivity index (χ2v) is 5.40. The van der Waals surface area contributed by atoms with Gasteiger partial charge in [0.15, 0.2) is 17.3 Å². The van der Waals surface area contributed by atoms with E-state index in [1.807, 2.05) is 0 Å². The van der Waals surface area contributed by atoms with Crippen molar-refractivity contribution in [3.8, 4) is 0 Å². The Morgan fingerprint density at radius 1 is 1.30 bits per heavy atom. The molecule has 1 aromatic rings. The molecule has 1 fully saturated rings. The molecule has 110 valence electrons. The Morgan fingerprint density at radius 2 is 1.95 bits per heavy atom. The average Bonchev–Trinajstić information content (AvgIpc) is 2.46. The third kappa shape index (κ3) is 3.36. The lowest BCUT2D eigenvalue weighted by Gasteiger charge is -2.36. The molecule has 2 rings (SSSR count). The Balaban J connectivity index is 2.07. The van der Waals surface area contributed by atoms with Crippen LogP contribution in [0.3, 0.4) is 0 Å². The van der Waals surface area contributed by atoms with Crippen molar-refractivity contribution in [2.24, 2.45) is 16.8 Å². The van der Waals surface area contributed by atoms with Crippen molar-refractivity contribution in [1.82, 2.24) is 14.9 Å². The normalized spacial score (nSPS) is 17.8. The van der Waals surface area contributed by atoms with Gasteiger partial charge in [-0.3, -0.25) is 4.90 Å². The number of hydrogen-bond acceptors (Lipinski definition) is 6. The highest BCUT2D eigenvalue weighted by molar-refractivity contribution is 5.99. The van der Waals surface area contributed by atoms with E-state index in [1.165, 1.54) is 0 Å². The number of piperazine rings is 1. The van der Waals surface area contributed by atoms with Gasteiger partial charge in [0.05, 0.1) is 0 Å². The van der Waals surface area contributed by atoms with Crippen LogP contribution in [0.15, 0.2) is 17.5 Å². The number of hydrogen-bond donors (Lipinski definition) is 2. The van der Waals surface area contributed by atoms with E-state index in [2.05, 4.69) is 38.8 Å². The van der Waals surface area contributed by atoms with Gasteiger partial charge in [0.2, 0.25) is 0 Å². The van der Waals surface area contributed by atoms with Crippen molar-refractivity contribution in [2.45, 2.75) is 13.8 Å². The molecule has 1 aliphatic rings. The number of aromatic nitrogens is 2. The molecule has 1 aliphatic heterocycles. The van der Waals surface area contributed by atoms with Crippen LogP contribution in [0.2, 0.25) is 0 Å². The smallest absolute Gasteiger partial charge is 0.192 e. The summed E-state index contributed by atoms with van der Waals surface area (Å²) < 4.78 is 0. The second-order valence-electron chi connectivity index (χ2n) is 5.40. The molecule has 0 saturated carbocycles. The van der Waals surface area contributed by atoms with E-state index in [-0.39, 0.29) is 5.84 Å². The van der Waals surface area contributed by atoms with E-state index in [4.69, 9.17) is 10.9 Å². The minimum absolute atomic E-state index is 0.00212. The van der Waals surface area contributed by atoms with Crippen LogP contribution in [0.4, 0.5) is 5.82 Å². The van der Waals surface area contributed by atoms with Crippen LogP contribution >= 0.6 is 0 Å². The zero-order valence-corrected chi connectivity index (χ0v) is 12.0. The van der Waals surface area contributed by atoms with Gasteiger partial charge in [-0.05, 0) is 5.92 Å². The Bertz CT molecular complexity index is 468. The summed E-state index contributed by atoms with van der Waals surface area (Å²) in [5.41, 5.74) is 6.09. The van der Waals surface area contributed by atoms with Crippen molar-refractivity contribution < 1.29 is 5.21 Å². The fourth-order valence-electron chi connectivity index (χ4n) is 2.45. The van der Waals surface area contributed by atoms with Crippen LogP contribution in [-0.4, -0.2) is 58.6 Å². The summed E-state index contributed by atoms with van der Waals surface area (Å²) in [6, 6.07) is 0. The number of oxime groups is 1. The summed E-state index contributed by atoms with van der Waals surface area (Å²) >= 11 is 0. The van der Waals surface area contributed by atoms with Gasteiger partial charge in [-0.2, -0.15) is 0 Å². The van der Waals surface area contributed by atoms with Crippen molar-refractivity contribution in [1.29, 1.82) is 0 Å². The fraction of sp³-hybridized carbons (Fsp3) is 0.615. The van der Waals surface area contributed by atoms with Gasteiger partial charge in [0, 0.05) is 45.1 Å². The number of amidine groups is 1. The molecule has 3 N–H and O–H groups in total. The summed E-state index contributed by atoms with van der Waals surface area (Å²) in [6.45, 7) is 9.29. The standard InChI is InChI=1S/C13H22N6O/c1-10(2)9-18-5-7-19(8-6-18)13-11(12(14)17-20)15-3-4-16-13/h3-4,10,20H,5-9H2,1-2H3,(H2,14,17). The molecular weight excluding hydrogens is 256 g/mol. The molecule has 0 aliphatic carbocycles. The van der Waals surface area contributed by atoms with Gasteiger partial charge in [-0.1, -0.05) is 19.0 Å². The monoisotopic (exact) mass is 278 g/mol. The minimum atomic E-state index is -0.00212. The van der Waals surface area contributed by atoms with Crippen molar-refractivity contribution in [2.75, 3.05) is 37.6 Å². The number of rotatable bonds is 4. The maximum Gasteiger partial charge on any atom is 0.192 e. The van der Waals surface area contributed by atoms with Crippen LogP contribution < -0.4 is 10.6 Å². The summed E-state index contributed by atoms with van der Waals surface area (Å²) in [7, 11) is 0. The summed E-state index contributed by atoms with van der Waals surface area (Å²) in [5, 5.41) is 11.8. The zero-order valence-electron chi connectivity index (χ0n) is 12.0. The Morgan fingerprint density at radius 3 is 2.55 bits per heavy atom. The van der Waals surface area contributed by atoms with Crippen LogP contribution in [0, 0.1) is 5.92 Å². The van der Waals surface area contributed by atoms with Gasteiger partial charge in [-0.25, -0.2) is 9.97 Å². The van der Waals surface area contributed by atoms with Gasteiger partial charge >= 0.3 is 0 Å². The largest absolute Gasteiger partial charge is 0.409 e. The molecular formula is C13H22N6O. The fourth-order valence-corrected chi connectivity index (χ4v) is 2.45. The zero-order chi connectivity index (χ0) is 14.5. The molecule has 0 amide bonds. The van der Waals surface area contributed by atoms with E-state index in [0.717, 1.165) is 32.7 Å². The van der Waals surface area contributed by atoms with Crippen molar-refractivity contribution >= 4 is 11.7 Å². The molecule has 20 heavy (non-hydrogen) atoms. The molecule has 1 aromatic heterocycles. The minimum Gasteiger partial charge on any atom is -0.409 e. The van der Waals surface area contributed by atoms with Crippen LogP contribution in [0.25, 0.3) is 0 Å². The predicted molar refractivity (Wildman–Crippen MR) is 78.0 cm³/mol. The van der Waals surface area contributed by atoms with Crippen molar-refractivity contribution in [3.05, 3.63) is 18.1 Å². The molecule has 7 heteroatoms. The average molecular weight is 278 g/mol. The molecule has 0 unspecified atom stereocenters. The topological polar surface area (TPSA) is 90.9 Å². The molecule has 2 heterocycles. The number of nitrogens with two attached hydrogens (primary N) is 1. The second kappa shape index (κ2) is 6.51. The lowest BCUT2D eigenvalue weighted by atomic mass is 10.2.